The maximum absolute atomic E-state index is 12.0. The average Bonchev–Trinajstić information content (AvgIpc) is 2.50. The normalized spacial score (nSPS) is 13.0. The van der Waals surface area contributed by atoms with Crippen molar-refractivity contribution in [3.05, 3.63) is 35.9 Å². The first-order chi connectivity index (χ1) is 9.56. The fourth-order valence-electron chi connectivity index (χ4n) is 1.92. The molecule has 1 aromatic carbocycles. The molecule has 6 heteroatoms. The van der Waals surface area contributed by atoms with E-state index < -0.39 is 8.80 Å². The van der Waals surface area contributed by atoms with Gasteiger partial charge in [0.15, 0.2) is 0 Å². The highest BCUT2D eigenvalue weighted by atomic mass is 28.4. The van der Waals surface area contributed by atoms with Crippen molar-refractivity contribution in [3.63, 3.8) is 0 Å². The van der Waals surface area contributed by atoms with Gasteiger partial charge in [0.1, 0.15) is 0 Å². The molecule has 112 valence electrons. The van der Waals surface area contributed by atoms with E-state index in [-0.39, 0.29) is 11.9 Å². The topological polar surface area (TPSA) is 56.8 Å². The number of benzene rings is 1. The fourth-order valence-corrected chi connectivity index (χ4v) is 3.82. The van der Waals surface area contributed by atoms with Gasteiger partial charge in [-0.15, -0.1) is 0 Å². The van der Waals surface area contributed by atoms with Crippen molar-refractivity contribution in [1.82, 2.24) is 5.32 Å². The maximum Gasteiger partial charge on any atom is 0.500 e. The molecule has 1 aromatic rings. The van der Waals surface area contributed by atoms with Crippen LogP contribution in [-0.4, -0.2) is 42.1 Å². The van der Waals surface area contributed by atoms with E-state index >= 15 is 0 Å². The van der Waals surface area contributed by atoms with E-state index in [2.05, 4.69) is 5.32 Å². The molecule has 5 nitrogen and oxygen atoms in total. The van der Waals surface area contributed by atoms with Crippen LogP contribution in [0.15, 0.2) is 30.3 Å². The summed E-state index contributed by atoms with van der Waals surface area (Å²) in [6, 6.07) is 9.84. The van der Waals surface area contributed by atoms with Gasteiger partial charge in [0.2, 0.25) is 0 Å². The quantitative estimate of drug-likeness (QED) is 0.746. The van der Waals surface area contributed by atoms with Crippen LogP contribution in [0.5, 0.6) is 0 Å². The minimum absolute atomic E-state index is 0.0232. The van der Waals surface area contributed by atoms with Crippen LogP contribution in [0, 0.1) is 0 Å². The Kier molecular flexibility index (Phi) is 6.87. The van der Waals surface area contributed by atoms with Crippen LogP contribution in [0.3, 0.4) is 0 Å². The first-order valence-corrected chi connectivity index (χ1v) is 8.51. The zero-order valence-corrected chi connectivity index (χ0v) is 13.5. The summed E-state index contributed by atoms with van der Waals surface area (Å²) in [5.41, 5.74) is 0.660. The van der Waals surface area contributed by atoms with Crippen molar-refractivity contribution >= 4 is 14.7 Å². The van der Waals surface area contributed by atoms with Crippen molar-refractivity contribution in [2.24, 2.45) is 0 Å². The Morgan fingerprint density at radius 1 is 1.15 bits per heavy atom. The summed E-state index contributed by atoms with van der Waals surface area (Å²) < 4.78 is 16.1. The lowest BCUT2D eigenvalue weighted by molar-refractivity contribution is 0.0932. The van der Waals surface area contributed by atoms with Crippen LogP contribution in [0.4, 0.5) is 0 Å². The van der Waals surface area contributed by atoms with Gasteiger partial charge in [-0.25, -0.2) is 0 Å². The third kappa shape index (κ3) is 4.72. The molecular formula is C14H23NO4Si. The summed E-state index contributed by atoms with van der Waals surface area (Å²) in [6.07, 6.45) is 0.736. The first kappa shape index (κ1) is 16.8. The molecule has 1 N–H and O–H groups in total. The first-order valence-electron chi connectivity index (χ1n) is 6.58. The number of carbonyl (C=O) groups excluding carboxylic acids is 1. The number of nitrogens with one attached hydrogen (secondary N) is 1. The summed E-state index contributed by atoms with van der Waals surface area (Å²) in [7, 11) is 2.21. The lowest BCUT2D eigenvalue weighted by Gasteiger charge is -2.25. The van der Waals surface area contributed by atoms with Gasteiger partial charge in [-0.2, -0.15) is 0 Å². The Morgan fingerprint density at radius 3 is 2.20 bits per heavy atom. The fraction of sp³-hybridized carbons (Fsp3) is 0.500. The molecule has 1 amide bonds. The highest BCUT2D eigenvalue weighted by molar-refractivity contribution is 6.60. The van der Waals surface area contributed by atoms with Crippen LogP contribution in [0.2, 0.25) is 6.04 Å². The van der Waals surface area contributed by atoms with E-state index in [1.807, 2.05) is 25.1 Å². The SMILES string of the molecule is CO[Si](CCC(C)NC(=O)c1ccccc1)(OC)OC. The van der Waals surface area contributed by atoms with Gasteiger partial charge in [0, 0.05) is 39.0 Å². The summed E-state index contributed by atoms with van der Waals surface area (Å²) >= 11 is 0. The van der Waals surface area contributed by atoms with E-state index in [1.54, 1.807) is 33.5 Å². The van der Waals surface area contributed by atoms with E-state index in [0.717, 1.165) is 6.42 Å². The van der Waals surface area contributed by atoms with Gasteiger partial charge < -0.3 is 18.6 Å². The van der Waals surface area contributed by atoms with Crippen LogP contribution in [0.25, 0.3) is 0 Å². The Balaban J connectivity index is 2.48. The summed E-state index contributed by atoms with van der Waals surface area (Å²) in [5.74, 6) is -0.0717. The van der Waals surface area contributed by atoms with Gasteiger partial charge >= 0.3 is 8.80 Å². The molecular weight excluding hydrogens is 274 g/mol. The summed E-state index contributed by atoms with van der Waals surface area (Å²) in [5, 5.41) is 2.96. The second kappa shape index (κ2) is 8.16. The lowest BCUT2D eigenvalue weighted by atomic mass is 10.2. The second-order valence-corrected chi connectivity index (χ2v) is 7.67. The number of hydrogen-bond acceptors (Lipinski definition) is 4. The van der Waals surface area contributed by atoms with E-state index in [9.17, 15) is 4.79 Å². The number of rotatable bonds is 8. The number of carbonyl (C=O) groups is 1. The molecule has 0 radical (unpaired) electrons. The highest BCUT2D eigenvalue weighted by Gasteiger charge is 2.37. The molecule has 0 spiro atoms. The minimum atomic E-state index is -2.56. The highest BCUT2D eigenvalue weighted by Crippen LogP contribution is 2.16. The molecule has 0 saturated carbocycles. The zero-order chi connectivity index (χ0) is 15.0. The van der Waals surface area contributed by atoms with Crippen molar-refractivity contribution < 1.29 is 18.1 Å². The molecule has 0 heterocycles. The average molecular weight is 297 g/mol. The van der Waals surface area contributed by atoms with E-state index in [0.29, 0.717) is 11.6 Å². The third-order valence-corrected chi connectivity index (χ3v) is 6.00. The molecule has 0 aromatic heterocycles. The zero-order valence-electron chi connectivity index (χ0n) is 12.5. The van der Waals surface area contributed by atoms with Gasteiger partial charge in [-0.05, 0) is 25.5 Å². The largest absolute Gasteiger partial charge is 0.500 e. The van der Waals surface area contributed by atoms with E-state index in [1.165, 1.54) is 0 Å². The van der Waals surface area contributed by atoms with Gasteiger partial charge in [0.05, 0.1) is 0 Å². The van der Waals surface area contributed by atoms with Crippen molar-refractivity contribution in [2.45, 2.75) is 25.4 Å². The Morgan fingerprint density at radius 2 is 1.70 bits per heavy atom. The van der Waals surface area contributed by atoms with Crippen molar-refractivity contribution in [2.75, 3.05) is 21.3 Å². The molecule has 0 aliphatic carbocycles. The van der Waals surface area contributed by atoms with Gasteiger partial charge in [-0.3, -0.25) is 4.79 Å². The predicted octanol–water partition coefficient (Wildman–Crippen LogP) is 2.07. The molecule has 0 fully saturated rings. The summed E-state index contributed by atoms with van der Waals surface area (Å²) in [4.78, 5) is 12.0. The molecule has 0 aliphatic rings. The Labute approximate surface area is 121 Å². The molecule has 1 rings (SSSR count). The summed E-state index contributed by atoms with van der Waals surface area (Å²) in [6.45, 7) is 1.96. The smallest absolute Gasteiger partial charge is 0.377 e. The standard InChI is InChI=1S/C14H23NO4Si/c1-12(10-11-20(17-2,18-3)19-4)15-14(16)13-8-6-5-7-9-13/h5-9,12H,10-11H2,1-4H3,(H,15,16). The second-order valence-electron chi connectivity index (χ2n) is 4.57. The van der Waals surface area contributed by atoms with Crippen LogP contribution >= 0.6 is 0 Å². The van der Waals surface area contributed by atoms with Crippen molar-refractivity contribution in [3.8, 4) is 0 Å². The lowest BCUT2D eigenvalue weighted by Crippen LogP contribution is -2.44. The van der Waals surface area contributed by atoms with Gasteiger partial charge in [0.25, 0.3) is 5.91 Å². The number of amides is 1. The third-order valence-electron chi connectivity index (χ3n) is 3.23. The maximum atomic E-state index is 12.0. The van der Waals surface area contributed by atoms with Crippen LogP contribution in [-0.2, 0) is 13.3 Å². The van der Waals surface area contributed by atoms with Gasteiger partial charge in [-0.1, -0.05) is 18.2 Å². The Hall–Kier alpha value is -1.21. The predicted molar refractivity (Wildman–Crippen MR) is 79.6 cm³/mol. The minimum Gasteiger partial charge on any atom is -0.377 e. The molecule has 1 unspecified atom stereocenters. The molecule has 0 aliphatic heterocycles. The van der Waals surface area contributed by atoms with E-state index in [4.69, 9.17) is 13.3 Å². The molecule has 0 saturated heterocycles. The molecule has 20 heavy (non-hydrogen) atoms. The van der Waals surface area contributed by atoms with Crippen LogP contribution in [0.1, 0.15) is 23.7 Å². The van der Waals surface area contributed by atoms with Crippen LogP contribution < -0.4 is 5.32 Å². The monoisotopic (exact) mass is 297 g/mol. The van der Waals surface area contributed by atoms with Crippen molar-refractivity contribution in [1.29, 1.82) is 0 Å². The Bertz CT molecular complexity index is 401. The molecule has 1 atom stereocenters. The molecule has 0 bridgehead atoms. The number of hydrogen-bond donors (Lipinski definition) is 1.